The second-order valence-corrected chi connectivity index (χ2v) is 13.6. The van der Waals surface area contributed by atoms with Crippen molar-refractivity contribution in [3.05, 3.63) is 35.9 Å². The van der Waals surface area contributed by atoms with Gasteiger partial charge in [0.2, 0.25) is 47.3 Å². The van der Waals surface area contributed by atoms with Gasteiger partial charge < -0.3 is 53.0 Å². The van der Waals surface area contributed by atoms with Gasteiger partial charge in [0, 0.05) is 13.0 Å². The quantitative estimate of drug-likeness (QED) is 0.0641. The second-order valence-electron chi connectivity index (χ2n) is 13.6. The van der Waals surface area contributed by atoms with Crippen LogP contribution in [0.4, 0.5) is 0 Å². The summed E-state index contributed by atoms with van der Waals surface area (Å²) in [7, 11) is 0. The van der Waals surface area contributed by atoms with Crippen LogP contribution in [0.25, 0.3) is 0 Å². The Kier molecular flexibility index (Phi) is 18.0. The number of rotatable bonds is 20. The van der Waals surface area contributed by atoms with Gasteiger partial charge in [-0.25, -0.2) is 0 Å². The Morgan fingerprint density at radius 2 is 1.28 bits per heavy atom. The van der Waals surface area contributed by atoms with Gasteiger partial charge in [0.05, 0.1) is 25.7 Å². The number of amides is 8. The van der Waals surface area contributed by atoms with Gasteiger partial charge in [-0.1, -0.05) is 58.0 Å². The number of nitrogens with two attached hydrogens (primary N) is 1. The number of nitrogens with zero attached hydrogens (tertiary/aromatic N) is 1. The fraction of sp³-hybridized carbons (Fsp3) is 0.571. The molecule has 0 aliphatic carbocycles. The van der Waals surface area contributed by atoms with E-state index in [2.05, 4.69) is 37.2 Å². The Bertz CT molecular complexity index is 1520. The molecule has 0 radical (unpaired) electrons. The predicted molar refractivity (Wildman–Crippen MR) is 194 cm³/mol. The topological polar surface area (TPSA) is 287 Å². The molecule has 0 spiro atoms. The minimum Gasteiger partial charge on any atom is -0.480 e. The molecule has 1 heterocycles. The average Bonchev–Trinajstić information content (AvgIpc) is 3.62. The standard InChI is InChI=1S/C35H53N9O10/c1-19(2)29(36)35(54)44-13-9-12-24(44)33(52)38-16-26(46)42-23(14-22-10-7-6-8-11-22)32(51)37-17-27(47)43-30(20(3)4)34(53)39-15-25(45)41-21(5)31(50)40-18-28(48)49/h6-8,10-11,19-21,23-24,29-30H,9,12-18,36H2,1-5H3,(H,37,51)(H,38,52)(H,39,53)(H,40,50)(H,41,45)(H,42,46)(H,43,47)(H,48,49)/t21-,23-,24-,29-,30-/m0/s1. The van der Waals surface area contributed by atoms with Crippen molar-refractivity contribution in [3.8, 4) is 0 Å². The Labute approximate surface area is 313 Å². The van der Waals surface area contributed by atoms with Gasteiger partial charge in [-0.3, -0.25) is 43.2 Å². The van der Waals surface area contributed by atoms with Crippen molar-refractivity contribution < 1.29 is 48.3 Å². The lowest BCUT2D eigenvalue weighted by Gasteiger charge is -2.28. The number of carbonyl (C=O) groups excluding carboxylic acids is 8. The van der Waals surface area contributed by atoms with Crippen LogP contribution in [-0.4, -0.2) is 126 Å². The zero-order chi connectivity index (χ0) is 40.5. The molecule has 0 aromatic heterocycles. The van der Waals surface area contributed by atoms with Crippen LogP contribution < -0.4 is 43.0 Å². The number of hydrogen-bond acceptors (Lipinski definition) is 10. The lowest BCUT2D eigenvalue weighted by molar-refractivity contribution is -0.140. The molecule has 0 saturated carbocycles. The molecule has 1 aromatic carbocycles. The third kappa shape index (κ3) is 14.8. The molecule has 0 unspecified atom stereocenters. The molecule has 2 rings (SSSR count). The molecular weight excluding hydrogens is 706 g/mol. The average molecular weight is 760 g/mol. The summed E-state index contributed by atoms with van der Waals surface area (Å²) in [5.74, 6) is -7.03. The summed E-state index contributed by atoms with van der Waals surface area (Å²) in [6.07, 6.45) is 1.06. The van der Waals surface area contributed by atoms with Gasteiger partial charge in [0.25, 0.3) is 0 Å². The van der Waals surface area contributed by atoms with Crippen molar-refractivity contribution in [1.82, 2.24) is 42.1 Å². The van der Waals surface area contributed by atoms with E-state index in [1.807, 2.05) is 13.8 Å². The largest absolute Gasteiger partial charge is 0.480 e. The second kappa shape index (κ2) is 21.8. The van der Waals surface area contributed by atoms with E-state index in [0.29, 0.717) is 24.9 Å². The van der Waals surface area contributed by atoms with Crippen molar-refractivity contribution >= 4 is 53.2 Å². The molecule has 8 amide bonds. The number of carboxylic acids is 1. The Morgan fingerprint density at radius 1 is 0.722 bits per heavy atom. The maximum absolute atomic E-state index is 13.3. The van der Waals surface area contributed by atoms with Crippen LogP contribution in [0.2, 0.25) is 0 Å². The number of hydrogen-bond donors (Lipinski definition) is 9. The van der Waals surface area contributed by atoms with E-state index in [1.165, 1.54) is 11.8 Å². The van der Waals surface area contributed by atoms with Crippen LogP contribution in [0, 0.1) is 11.8 Å². The van der Waals surface area contributed by atoms with Gasteiger partial charge in [0.15, 0.2) is 0 Å². The zero-order valence-corrected chi connectivity index (χ0v) is 31.2. The van der Waals surface area contributed by atoms with Crippen molar-refractivity contribution in [2.75, 3.05) is 32.7 Å². The van der Waals surface area contributed by atoms with Gasteiger partial charge in [-0.05, 0) is 37.2 Å². The van der Waals surface area contributed by atoms with E-state index in [-0.39, 0.29) is 18.2 Å². The summed E-state index contributed by atoms with van der Waals surface area (Å²) < 4.78 is 0. The van der Waals surface area contributed by atoms with Crippen molar-refractivity contribution in [2.24, 2.45) is 17.6 Å². The fourth-order valence-corrected chi connectivity index (χ4v) is 5.37. The first-order valence-electron chi connectivity index (χ1n) is 17.7. The Morgan fingerprint density at radius 3 is 1.87 bits per heavy atom. The summed E-state index contributed by atoms with van der Waals surface area (Å²) >= 11 is 0. The van der Waals surface area contributed by atoms with E-state index in [4.69, 9.17) is 10.8 Å². The van der Waals surface area contributed by atoms with Crippen LogP contribution in [-0.2, 0) is 49.6 Å². The molecular formula is C35H53N9O10. The van der Waals surface area contributed by atoms with Gasteiger partial charge in [0.1, 0.15) is 30.7 Å². The highest BCUT2D eigenvalue weighted by molar-refractivity contribution is 5.96. The molecule has 19 nitrogen and oxygen atoms in total. The van der Waals surface area contributed by atoms with Crippen molar-refractivity contribution in [2.45, 2.75) is 84.1 Å². The third-order valence-electron chi connectivity index (χ3n) is 8.50. The van der Waals surface area contributed by atoms with Crippen LogP contribution in [0.5, 0.6) is 0 Å². The molecule has 5 atom stereocenters. The Balaban J connectivity index is 1.95. The highest BCUT2D eigenvalue weighted by Crippen LogP contribution is 2.19. The smallest absolute Gasteiger partial charge is 0.322 e. The maximum atomic E-state index is 13.3. The summed E-state index contributed by atoms with van der Waals surface area (Å²) in [5.41, 5.74) is 6.71. The van der Waals surface area contributed by atoms with Gasteiger partial charge >= 0.3 is 5.97 Å². The van der Waals surface area contributed by atoms with E-state index in [0.717, 1.165) is 0 Å². The lowest BCUT2D eigenvalue weighted by Crippen LogP contribution is -2.56. The molecule has 1 aliphatic rings. The summed E-state index contributed by atoms with van der Waals surface area (Å²) in [4.78, 5) is 114. The van der Waals surface area contributed by atoms with E-state index in [9.17, 15) is 43.2 Å². The minimum absolute atomic E-state index is 0.0465. The van der Waals surface area contributed by atoms with E-state index < -0.39 is 110 Å². The highest BCUT2D eigenvalue weighted by Gasteiger charge is 2.37. The van der Waals surface area contributed by atoms with E-state index >= 15 is 0 Å². The van der Waals surface area contributed by atoms with Gasteiger partial charge in [-0.2, -0.15) is 0 Å². The molecule has 298 valence electrons. The first kappa shape index (κ1) is 44.6. The monoisotopic (exact) mass is 759 g/mol. The van der Waals surface area contributed by atoms with Crippen LogP contribution >= 0.6 is 0 Å². The molecule has 54 heavy (non-hydrogen) atoms. The molecule has 1 aromatic rings. The molecule has 1 saturated heterocycles. The number of nitrogens with one attached hydrogen (secondary N) is 7. The van der Waals surface area contributed by atoms with Crippen molar-refractivity contribution in [1.29, 1.82) is 0 Å². The first-order valence-corrected chi connectivity index (χ1v) is 17.7. The molecule has 19 heteroatoms. The molecule has 10 N–H and O–H groups in total. The van der Waals surface area contributed by atoms with E-state index in [1.54, 1.807) is 44.2 Å². The highest BCUT2D eigenvalue weighted by atomic mass is 16.4. The van der Waals surface area contributed by atoms with Crippen molar-refractivity contribution in [3.63, 3.8) is 0 Å². The number of carbonyl (C=O) groups is 9. The fourth-order valence-electron chi connectivity index (χ4n) is 5.37. The zero-order valence-electron chi connectivity index (χ0n) is 31.2. The number of carboxylic acid groups (broad SMARTS) is 1. The van der Waals surface area contributed by atoms with Crippen LogP contribution in [0.15, 0.2) is 30.3 Å². The number of aliphatic carboxylic acids is 1. The molecule has 1 aliphatic heterocycles. The first-order chi connectivity index (χ1) is 25.4. The normalized spacial score (nSPS) is 15.9. The number of likely N-dealkylation sites (tertiary alicyclic amines) is 1. The molecule has 1 fully saturated rings. The van der Waals surface area contributed by atoms with Crippen LogP contribution in [0.3, 0.4) is 0 Å². The molecule has 0 bridgehead atoms. The summed E-state index contributed by atoms with van der Waals surface area (Å²) in [6, 6.07) is 3.87. The Hall–Kier alpha value is -5.59. The summed E-state index contributed by atoms with van der Waals surface area (Å²) in [5, 5.41) is 25.6. The predicted octanol–water partition coefficient (Wildman–Crippen LogP) is -3.12. The number of benzene rings is 1. The van der Waals surface area contributed by atoms with Crippen LogP contribution in [0.1, 0.15) is 53.0 Å². The third-order valence-corrected chi connectivity index (χ3v) is 8.50. The maximum Gasteiger partial charge on any atom is 0.322 e. The summed E-state index contributed by atoms with van der Waals surface area (Å²) in [6.45, 7) is 6.38. The SMILES string of the molecule is CC(C)[C@H](N)C(=O)N1CCC[C@H]1C(=O)NCC(=O)N[C@@H](Cc1ccccc1)C(=O)NCC(=O)N[C@H](C(=O)NCC(=O)N[C@@H](C)C(=O)NCC(=O)O)C(C)C. The van der Waals surface area contributed by atoms with Gasteiger partial charge in [-0.15, -0.1) is 0 Å². The lowest BCUT2D eigenvalue weighted by atomic mass is 10.0. The minimum atomic E-state index is -1.26.